The fraction of sp³-hybridized carbons (Fsp3) is 0.400. The van der Waals surface area contributed by atoms with Crippen molar-refractivity contribution in [3.8, 4) is 0 Å². The molecule has 1 amide bonds. The molecule has 3 aromatic rings. The first-order valence-electron chi connectivity index (χ1n) is 7.78. The molecule has 1 aliphatic heterocycles. The standard InChI is InChI=1S/C15H16N6O2S/c22-12(7-21-9-17-11-3-5-24-13(11)15(21)23)20-4-1-2-10(6-20)14-16-8-18-19-14/h3,5,8-10H,1-2,4,6-7H2,(H,16,18,19). The lowest BCUT2D eigenvalue weighted by molar-refractivity contribution is -0.133. The monoisotopic (exact) mass is 344 g/mol. The molecular weight excluding hydrogens is 328 g/mol. The summed E-state index contributed by atoms with van der Waals surface area (Å²) in [4.78, 5) is 35.2. The molecular formula is C15H16N6O2S. The number of nitrogens with one attached hydrogen (secondary N) is 1. The Morgan fingerprint density at radius 3 is 3.17 bits per heavy atom. The highest BCUT2D eigenvalue weighted by atomic mass is 32.1. The number of likely N-dealkylation sites (tertiary alicyclic amines) is 1. The number of H-pyrrole nitrogens is 1. The van der Waals surface area contributed by atoms with Crippen LogP contribution in [0.15, 0.2) is 28.9 Å². The highest BCUT2D eigenvalue weighted by Crippen LogP contribution is 2.24. The van der Waals surface area contributed by atoms with Crippen LogP contribution in [0.4, 0.5) is 0 Å². The van der Waals surface area contributed by atoms with Gasteiger partial charge >= 0.3 is 0 Å². The van der Waals surface area contributed by atoms with Crippen molar-refractivity contribution < 1.29 is 4.79 Å². The lowest BCUT2D eigenvalue weighted by atomic mass is 9.97. The second-order valence-electron chi connectivity index (χ2n) is 5.86. The average Bonchev–Trinajstić information content (AvgIpc) is 3.29. The van der Waals surface area contributed by atoms with E-state index in [2.05, 4.69) is 20.2 Å². The molecule has 124 valence electrons. The summed E-state index contributed by atoms with van der Waals surface area (Å²) in [5.41, 5.74) is 0.518. The van der Waals surface area contributed by atoms with Crippen molar-refractivity contribution in [3.05, 3.63) is 40.3 Å². The van der Waals surface area contributed by atoms with Crippen LogP contribution >= 0.6 is 11.3 Å². The predicted molar refractivity (Wildman–Crippen MR) is 88.8 cm³/mol. The molecule has 4 rings (SSSR count). The molecule has 8 nitrogen and oxygen atoms in total. The van der Waals surface area contributed by atoms with Gasteiger partial charge in [0.05, 0.1) is 11.8 Å². The number of aromatic nitrogens is 5. The largest absolute Gasteiger partial charge is 0.340 e. The van der Waals surface area contributed by atoms with Gasteiger partial charge in [0.2, 0.25) is 5.91 Å². The number of aromatic amines is 1. The van der Waals surface area contributed by atoms with Crippen molar-refractivity contribution in [2.24, 2.45) is 0 Å². The number of hydrogen-bond donors (Lipinski definition) is 1. The van der Waals surface area contributed by atoms with Crippen LogP contribution in [0.25, 0.3) is 10.2 Å². The Kier molecular flexibility index (Phi) is 3.85. The summed E-state index contributed by atoms with van der Waals surface area (Å²) in [5, 5.41) is 8.59. The lowest BCUT2D eigenvalue weighted by Gasteiger charge is -2.31. The molecule has 1 unspecified atom stereocenters. The molecule has 1 aliphatic rings. The Labute approximate surface area is 141 Å². The number of piperidine rings is 1. The molecule has 1 atom stereocenters. The Morgan fingerprint density at radius 1 is 1.42 bits per heavy atom. The number of thiophene rings is 1. The molecule has 0 spiro atoms. The maximum atomic E-state index is 12.6. The van der Waals surface area contributed by atoms with E-state index in [9.17, 15) is 9.59 Å². The maximum absolute atomic E-state index is 12.6. The zero-order valence-electron chi connectivity index (χ0n) is 12.9. The van der Waals surface area contributed by atoms with Gasteiger partial charge in [-0.3, -0.25) is 19.3 Å². The zero-order valence-corrected chi connectivity index (χ0v) is 13.7. The van der Waals surface area contributed by atoms with Crippen molar-refractivity contribution in [3.63, 3.8) is 0 Å². The molecule has 3 aromatic heterocycles. The summed E-state index contributed by atoms with van der Waals surface area (Å²) >= 11 is 1.35. The molecule has 0 bridgehead atoms. The van der Waals surface area contributed by atoms with Crippen LogP contribution in [0.3, 0.4) is 0 Å². The van der Waals surface area contributed by atoms with Gasteiger partial charge in [0, 0.05) is 19.0 Å². The summed E-state index contributed by atoms with van der Waals surface area (Å²) in [5.74, 6) is 0.908. The van der Waals surface area contributed by atoms with E-state index in [0.29, 0.717) is 23.3 Å². The molecule has 1 N–H and O–H groups in total. The van der Waals surface area contributed by atoms with E-state index in [1.54, 1.807) is 11.0 Å². The number of fused-ring (bicyclic) bond motifs is 1. The van der Waals surface area contributed by atoms with Gasteiger partial charge in [-0.05, 0) is 24.3 Å². The molecule has 0 aliphatic carbocycles. The van der Waals surface area contributed by atoms with E-state index < -0.39 is 0 Å². The average molecular weight is 344 g/mol. The van der Waals surface area contributed by atoms with Gasteiger partial charge in [0.15, 0.2) is 0 Å². The summed E-state index contributed by atoms with van der Waals surface area (Å²) < 4.78 is 1.97. The fourth-order valence-corrected chi connectivity index (χ4v) is 3.87. The fourth-order valence-electron chi connectivity index (χ4n) is 3.08. The van der Waals surface area contributed by atoms with E-state index >= 15 is 0 Å². The molecule has 4 heterocycles. The molecule has 0 saturated carbocycles. The number of rotatable bonds is 3. The van der Waals surface area contributed by atoms with Crippen LogP contribution in [-0.2, 0) is 11.3 Å². The Morgan fingerprint density at radius 2 is 2.33 bits per heavy atom. The smallest absolute Gasteiger partial charge is 0.271 e. The van der Waals surface area contributed by atoms with Crippen LogP contribution in [0, 0.1) is 0 Å². The SMILES string of the molecule is O=C(Cn1cnc2ccsc2c1=O)N1CCCC(c2ncn[nH]2)C1. The zero-order chi connectivity index (χ0) is 16.5. The predicted octanol–water partition coefficient (Wildman–Crippen LogP) is 0.982. The first kappa shape index (κ1) is 15.0. The van der Waals surface area contributed by atoms with Crippen molar-refractivity contribution in [2.75, 3.05) is 13.1 Å². The third kappa shape index (κ3) is 2.71. The van der Waals surface area contributed by atoms with E-state index in [4.69, 9.17) is 0 Å². The van der Waals surface area contributed by atoms with Crippen molar-refractivity contribution in [1.29, 1.82) is 0 Å². The molecule has 0 aromatic carbocycles. The topological polar surface area (TPSA) is 96.8 Å². The van der Waals surface area contributed by atoms with E-state index in [0.717, 1.165) is 18.7 Å². The highest BCUT2D eigenvalue weighted by molar-refractivity contribution is 7.17. The van der Waals surface area contributed by atoms with Gasteiger partial charge in [0.1, 0.15) is 23.4 Å². The molecule has 1 fully saturated rings. The molecule has 0 radical (unpaired) electrons. The van der Waals surface area contributed by atoms with Gasteiger partial charge in [-0.15, -0.1) is 11.3 Å². The van der Waals surface area contributed by atoms with Gasteiger partial charge in [-0.1, -0.05) is 0 Å². The van der Waals surface area contributed by atoms with E-state index in [-0.39, 0.29) is 23.9 Å². The third-order valence-electron chi connectivity index (χ3n) is 4.34. The number of carbonyl (C=O) groups excluding carboxylic acids is 1. The first-order chi connectivity index (χ1) is 11.7. The second kappa shape index (κ2) is 6.16. The minimum Gasteiger partial charge on any atom is -0.340 e. The molecule has 9 heteroatoms. The van der Waals surface area contributed by atoms with E-state index in [1.807, 2.05) is 5.38 Å². The van der Waals surface area contributed by atoms with Crippen LogP contribution in [-0.4, -0.2) is 48.6 Å². The summed E-state index contributed by atoms with van der Waals surface area (Å²) in [7, 11) is 0. The summed E-state index contributed by atoms with van der Waals surface area (Å²) in [6.07, 6.45) is 4.82. The van der Waals surface area contributed by atoms with Crippen molar-refractivity contribution in [2.45, 2.75) is 25.3 Å². The van der Waals surface area contributed by atoms with Crippen LogP contribution in [0.2, 0.25) is 0 Å². The van der Waals surface area contributed by atoms with Crippen molar-refractivity contribution in [1.82, 2.24) is 29.6 Å². The van der Waals surface area contributed by atoms with Crippen LogP contribution in [0.1, 0.15) is 24.6 Å². The number of carbonyl (C=O) groups is 1. The number of amides is 1. The van der Waals surface area contributed by atoms with Gasteiger partial charge in [-0.2, -0.15) is 5.10 Å². The van der Waals surface area contributed by atoms with Crippen LogP contribution < -0.4 is 5.56 Å². The van der Waals surface area contributed by atoms with Gasteiger partial charge in [-0.25, -0.2) is 9.97 Å². The third-order valence-corrected chi connectivity index (χ3v) is 5.23. The summed E-state index contributed by atoms with van der Waals surface area (Å²) in [6, 6.07) is 1.81. The molecule has 1 saturated heterocycles. The Hall–Kier alpha value is -2.55. The maximum Gasteiger partial charge on any atom is 0.271 e. The quantitative estimate of drug-likeness (QED) is 0.764. The van der Waals surface area contributed by atoms with Gasteiger partial charge < -0.3 is 4.90 Å². The van der Waals surface area contributed by atoms with Crippen molar-refractivity contribution >= 4 is 27.5 Å². The Balaban J connectivity index is 1.50. The number of nitrogens with zero attached hydrogens (tertiary/aromatic N) is 5. The van der Waals surface area contributed by atoms with Gasteiger partial charge in [0.25, 0.3) is 5.56 Å². The minimum atomic E-state index is -0.160. The normalized spacial score (nSPS) is 18.2. The summed E-state index contributed by atoms with van der Waals surface area (Å²) in [6.45, 7) is 1.31. The second-order valence-corrected chi connectivity index (χ2v) is 6.78. The number of hydrogen-bond acceptors (Lipinski definition) is 6. The Bertz CT molecular complexity index is 916. The minimum absolute atomic E-state index is 0.0167. The van der Waals surface area contributed by atoms with E-state index in [1.165, 1.54) is 28.6 Å². The highest BCUT2D eigenvalue weighted by Gasteiger charge is 2.26. The first-order valence-corrected chi connectivity index (χ1v) is 8.66. The molecule has 24 heavy (non-hydrogen) atoms. The lowest BCUT2D eigenvalue weighted by Crippen LogP contribution is -2.42. The van der Waals surface area contributed by atoms with Crippen LogP contribution in [0.5, 0.6) is 0 Å².